The third-order valence-corrected chi connectivity index (χ3v) is 6.31. The van der Waals surface area contributed by atoms with Gasteiger partial charge in [-0.3, -0.25) is 0 Å². The molecule has 0 saturated carbocycles. The first-order valence-corrected chi connectivity index (χ1v) is 10.6. The molecular formula is C19H25NO2S2. The van der Waals surface area contributed by atoms with Crippen LogP contribution in [0.3, 0.4) is 0 Å². The van der Waals surface area contributed by atoms with Gasteiger partial charge in [0.25, 0.3) is 0 Å². The average molecular weight is 364 g/mol. The Kier molecular flexibility index (Phi) is 6.90. The van der Waals surface area contributed by atoms with E-state index in [2.05, 4.69) is 18.6 Å². The van der Waals surface area contributed by atoms with Crippen LogP contribution in [0.1, 0.15) is 25.8 Å². The van der Waals surface area contributed by atoms with E-state index < -0.39 is 10.0 Å². The molecule has 0 saturated heterocycles. The fourth-order valence-corrected chi connectivity index (χ4v) is 4.75. The average Bonchev–Trinajstić information content (AvgIpc) is 2.53. The SMILES string of the molecule is Cc1ccc(S(=O)(=O)N[C@H](CSc2ccccc2)CC(C)C)cc1. The van der Waals surface area contributed by atoms with E-state index in [-0.39, 0.29) is 6.04 Å². The highest BCUT2D eigenvalue weighted by Gasteiger charge is 2.21. The van der Waals surface area contributed by atoms with Gasteiger partial charge in [0.1, 0.15) is 0 Å². The molecule has 0 aliphatic carbocycles. The summed E-state index contributed by atoms with van der Waals surface area (Å²) in [5.41, 5.74) is 1.05. The second-order valence-electron chi connectivity index (χ2n) is 6.38. The summed E-state index contributed by atoms with van der Waals surface area (Å²) >= 11 is 1.68. The predicted octanol–water partition coefficient (Wildman–Crippen LogP) is 4.48. The lowest BCUT2D eigenvalue weighted by Gasteiger charge is -2.20. The topological polar surface area (TPSA) is 46.2 Å². The number of benzene rings is 2. The molecule has 2 rings (SSSR count). The Morgan fingerprint density at radius 1 is 1.00 bits per heavy atom. The lowest BCUT2D eigenvalue weighted by molar-refractivity contribution is 0.486. The zero-order valence-corrected chi connectivity index (χ0v) is 16.0. The van der Waals surface area contributed by atoms with Crippen LogP contribution in [0.4, 0.5) is 0 Å². The van der Waals surface area contributed by atoms with Crippen LogP contribution in [0, 0.1) is 12.8 Å². The first-order chi connectivity index (χ1) is 11.4. The number of nitrogens with one attached hydrogen (secondary N) is 1. The molecule has 2 aromatic carbocycles. The predicted molar refractivity (Wildman–Crippen MR) is 102 cm³/mol. The van der Waals surface area contributed by atoms with Crippen LogP contribution in [-0.2, 0) is 10.0 Å². The van der Waals surface area contributed by atoms with Crippen molar-refractivity contribution < 1.29 is 8.42 Å². The molecular weight excluding hydrogens is 338 g/mol. The van der Waals surface area contributed by atoms with Crippen molar-refractivity contribution in [1.82, 2.24) is 4.72 Å². The Bertz CT molecular complexity index is 726. The highest BCUT2D eigenvalue weighted by molar-refractivity contribution is 7.99. The lowest BCUT2D eigenvalue weighted by Crippen LogP contribution is -2.37. The minimum absolute atomic E-state index is 0.0958. The van der Waals surface area contributed by atoms with Crippen LogP contribution in [0.15, 0.2) is 64.4 Å². The van der Waals surface area contributed by atoms with Crippen molar-refractivity contribution in [3.8, 4) is 0 Å². The normalized spacial score (nSPS) is 13.2. The molecule has 1 atom stereocenters. The van der Waals surface area contributed by atoms with E-state index in [0.29, 0.717) is 16.6 Å². The monoisotopic (exact) mass is 363 g/mol. The zero-order valence-electron chi connectivity index (χ0n) is 14.4. The first-order valence-electron chi connectivity index (χ1n) is 8.13. The maximum Gasteiger partial charge on any atom is 0.240 e. The van der Waals surface area contributed by atoms with E-state index in [1.165, 1.54) is 0 Å². The van der Waals surface area contributed by atoms with Crippen molar-refractivity contribution in [1.29, 1.82) is 0 Å². The maximum atomic E-state index is 12.6. The molecule has 130 valence electrons. The molecule has 3 nitrogen and oxygen atoms in total. The minimum atomic E-state index is -3.49. The molecule has 0 amide bonds. The number of hydrogen-bond acceptors (Lipinski definition) is 3. The standard InChI is InChI=1S/C19H25NO2S2/c1-15(2)13-17(14-23-18-7-5-4-6-8-18)20-24(21,22)19-11-9-16(3)10-12-19/h4-12,15,17,20H,13-14H2,1-3H3/t17-/m0/s1. The molecule has 24 heavy (non-hydrogen) atoms. The van der Waals surface area contributed by atoms with Crippen molar-refractivity contribution in [2.24, 2.45) is 5.92 Å². The maximum absolute atomic E-state index is 12.6. The van der Waals surface area contributed by atoms with Crippen LogP contribution < -0.4 is 4.72 Å². The van der Waals surface area contributed by atoms with Crippen LogP contribution in [0.5, 0.6) is 0 Å². The van der Waals surface area contributed by atoms with Gasteiger partial charge >= 0.3 is 0 Å². The van der Waals surface area contributed by atoms with E-state index in [0.717, 1.165) is 16.9 Å². The highest BCUT2D eigenvalue weighted by Crippen LogP contribution is 2.21. The fraction of sp³-hybridized carbons (Fsp3) is 0.368. The molecule has 0 heterocycles. The van der Waals surface area contributed by atoms with Gasteiger partial charge in [-0.1, -0.05) is 49.7 Å². The summed E-state index contributed by atoms with van der Waals surface area (Å²) in [7, 11) is -3.49. The molecule has 0 aliphatic rings. The minimum Gasteiger partial charge on any atom is -0.207 e. The number of thioether (sulfide) groups is 1. The van der Waals surface area contributed by atoms with Gasteiger partial charge in [-0.25, -0.2) is 13.1 Å². The van der Waals surface area contributed by atoms with Gasteiger partial charge in [-0.2, -0.15) is 0 Å². The molecule has 0 spiro atoms. The molecule has 0 radical (unpaired) electrons. The summed E-state index contributed by atoms with van der Waals surface area (Å²) in [4.78, 5) is 1.48. The summed E-state index contributed by atoms with van der Waals surface area (Å²) in [6.07, 6.45) is 0.810. The van der Waals surface area contributed by atoms with E-state index in [4.69, 9.17) is 0 Å². The van der Waals surface area contributed by atoms with E-state index >= 15 is 0 Å². The highest BCUT2D eigenvalue weighted by atomic mass is 32.2. The van der Waals surface area contributed by atoms with E-state index in [1.807, 2.05) is 49.4 Å². The number of hydrogen-bond donors (Lipinski definition) is 1. The Morgan fingerprint density at radius 2 is 1.62 bits per heavy atom. The largest absolute Gasteiger partial charge is 0.240 e. The fourth-order valence-electron chi connectivity index (χ4n) is 2.44. The van der Waals surface area contributed by atoms with Gasteiger partial charge in [-0.15, -0.1) is 11.8 Å². The van der Waals surface area contributed by atoms with Crippen molar-refractivity contribution >= 4 is 21.8 Å². The number of rotatable bonds is 8. The number of aryl methyl sites for hydroxylation is 1. The summed E-state index contributed by atoms with van der Waals surface area (Å²) < 4.78 is 28.1. The first kappa shape index (κ1) is 19.0. The zero-order chi connectivity index (χ0) is 17.6. The second-order valence-corrected chi connectivity index (χ2v) is 9.19. The third-order valence-electron chi connectivity index (χ3n) is 3.60. The molecule has 0 bridgehead atoms. The van der Waals surface area contributed by atoms with Gasteiger partial charge in [0.15, 0.2) is 0 Å². The molecule has 2 aromatic rings. The summed E-state index contributed by atoms with van der Waals surface area (Å²) in [6.45, 7) is 6.17. The second kappa shape index (κ2) is 8.70. The Labute approximate surface area is 149 Å². The van der Waals surface area contributed by atoms with Crippen molar-refractivity contribution in [2.45, 2.75) is 43.0 Å². The summed E-state index contributed by atoms with van der Waals surface area (Å²) in [5, 5.41) is 0. The summed E-state index contributed by atoms with van der Waals surface area (Å²) in [5.74, 6) is 1.14. The van der Waals surface area contributed by atoms with Crippen molar-refractivity contribution in [2.75, 3.05) is 5.75 Å². The molecule has 1 N–H and O–H groups in total. The van der Waals surface area contributed by atoms with Gasteiger partial charge < -0.3 is 0 Å². The van der Waals surface area contributed by atoms with Crippen LogP contribution in [0.25, 0.3) is 0 Å². The van der Waals surface area contributed by atoms with Crippen LogP contribution in [-0.4, -0.2) is 20.2 Å². The van der Waals surface area contributed by atoms with Gasteiger partial charge in [-0.05, 0) is 43.5 Å². The van der Waals surface area contributed by atoms with E-state index in [1.54, 1.807) is 23.9 Å². The molecule has 0 fully saturated rings. The van der Waals surface area contributed by atoms with Crippen LogP contribution in [0.2, 0.25) is 0 Å². The Hall–Kier alpha value is -1.30. The van der Waals surface area contributed by atoms with Gasteiger partial charge in [0.05, 0.1) is 4.90 Å². The van der Waals surface area contributed by atoms with Crippen molar-refractivity contribution in [3.05, 3.63) is 60.2 Å². The summed E-state index contributed by atoms with van der Waals surface area (Å²) in [6, 6.07) is 16.9. The molecule has 0 aromatic heterocycles. The smallest absolute Gasteiger partial charge is 0.207 e. The Balaban J connectivity index is 2.08. The lowest BCUT2D eigenvalue weighted by atomic mass is 10.1. The van der Waals surface area contributed by atoms with E-state index in [9.17, 15) is 8.42 Å². The van der Waals surface area contributed by atoms with Gasteiger partial charge in [0, 0.05) is 16.7 Å². The molecule has 5 heteroatoms. The molecule has 0 aliphatic heterocycles. The van der Waals surface area contributed by atoms with Gasteiger partial charge in [0.2, 0.25) is 10.0 Å². The third kappa shape index (κ3) is 5.96. The Morgan fingerprint density at radius 3 is 2.21 bits per heavy atom. The number of sulfonamides is 1. The quantitative estimate of drug-likeness (QED) is 0.703. The van der Waals surface area contributed by atoms with Crippen molar-refractivity contribution in [3.63, 3.8) is 0 Å². The molecule has 0 unspecified atom stereocenters. The van der Waals surface area contributed by atoms with Crippen LogP contribution >= 0.6 is 11.8 Å².